The van der Waals surface area contributed by atoms with Gasteiger partial charge in [0.25, 0.3) is 0 Å². The molecule has 0 fully saturated rings. The van der Waals surface area contributed by atoms with Crippen LogP contribution in [0.3, 0.4) is 0 Å². The normalized spacial score (nSPS) is 12.5. The maximum Gasteiger partial charge on any atom is 0.173 e. The molecule has 0 saturated heterocycles. The van der Waals surface area contributed by atoms with E-state index in [1.54, 1.807) is 13.1 Å². The fraction of sp³-hybridized carbons (Fsp3) is 0.111. The SMILES string of the molecule is C=Cc1ccc([S+]([O-])NC)cc1. The summed E-state index contributed by atoms with van der Waals surface area (Å²) in [5.41, 5.74) is 1.03. The second-order valence-corrected chi connectivity index (χ2v) is 3.66. The minimum absolute atomic E-state index is 0.781. The van der Waals surface area contributed by atoms with Gasteiger partial charge in [0.05, 0.1) is 11.4 Å². The molecule has 2 nitrogen and oxygen atoms in total. The van der Waals surface area contributed by atoms with Gasteiger partial charge in [-0.15, -0.1) is 4.72 Å². The van der Waals surface area contributed by atoms with Gasteiger partial charge in [-0.25, -0.2) is 0 Å². The van der Waals surface area contributed by atoms with Crippen molar-refractivity contribution in [1.82, 2.24) is 4.72 Å². The van der Waals surface area contributed by atoms with Crippen molar-refractivity contribution in [1.29, 1.82) is 0 Å². The quantitative estimate of drug-likeness (QED) is 0.718. The average molecular weight is 181 g/mol. The van der Waals surface area contributed by atoms with Crippen molar-refractivity contribution in [2.24, 2.45) is 0 Å². The fourth-order valence-corrected chi connectivity index (χ4v) is 1.46. The molecule has 0 aromatic heterocycles. The van der Waals surface area contributed by atoms with Crippen LogP contribution in [0.1, 0.15) is 5.56 Å². The van der Waals surface area contributed by atoms with Crippen molar-refractivity contribution in [3.8, 4) is 0 Å². The highest BCUT2D eigenvalue weighted by Gasteiger charge is 2.06. The molecule has 0 aliphatic rings. The molecule has 0 aliphatic carbocycles. The third-order valence-corrected chi connectivity index (χ3v) is 2.59. The molecule has 0 aliphatic heterocycles. The Morgan fingerprint density at radius 3 is 2.42 bits per heavy atom. The number of benzene rings is 1. The van der Waals surface area contributed by atoms with E-state index >= 15 is 0 Å². The summed E-state index contributed by atoms with van der Waals surface area (Å²) in [5, 5.41) is 0. The van der Waals surface area contributed by atoms with Crippen molar-refractivity contribution in [2.75, 3.05) is 7.05 Å². The molecule has 0 saturated carbocycles. The predicted octanol–water partition coefficient (Wildman–Crippen LogP) is 1.57. The number of rotatable bonds is 3. The van der Waals surface area contributed by atoms with Gasteiger partial charge in [-0.05, 0) is 29.8 Å². The zero-order valence-electron chi connectivity index (χ0n) is 6.91. The van der Waals surface area contributed by atoms with Crippen molar-refractivity contribution in [3.63, 3.8) is 0 Å². The fourth-order valence-electron chi connectivity index (χ4n) is 0.845. The molecule has 1 N–H and O–H groups in total. The Bertz CT molecular complexity index is 258. The van der Waals surface area contributed by atoms with E-state index in [-0.39, 0.29) is 0 Å². The van der Waals surface area contributed by atoms with Crippen LogP contribution in [0.5, 0.6) is 0 Å². The van der Waals surface area contributed by atoms with Crippen LogP contribution < -0.4 is 4.72 Å². The molecule has 0 bridgehead atoms. The monoisotopic (exact) mass is 181 g/mol. The van der Waals surface area contributed by atoms with Gasteiger partial charge in [0, 0.05) is 7.05 Å². The maximum absolute atomic E-state index is 11.2. The van der Waals surface area contributed by atoms with Crippen LogP contribution in [0.25, 0.3) is 6.08 Å². The Kier molecular flexibility index (Phi) is 3.34. The third kappa shape index (κ3) is 2.11. The van der Waals surface area contributed by atoms with E-state index < -0.39 is 11.4 Å². The molecule has 0 spiro atoms. The van der Waals surface area contributed by atoms with Gasteiger partial charge in [-0.3, -0.25) is 0 Å². The molecule has 1 aromatic carbocycles. The molecule has 64 valence electrons. The smallest absolute Gasteiger partial charge is 0.173 e. The lowest BCUT2D eigenvalue weighted by molar-refractivity contribution is 0.587. The molecule has 1 unspecified atom stereocenters. The summed E-state index contributed by atoms with van der Waals surface area (Å²) >= 11 is -1.08. The van der Waals surface area contributed by atoms with E-state index in [1.807, 2.05) is 24.3 Å². The van der Waals surface area contributed by atoms with Crippen LogP contribution >= 0.6 is 0 Å². The second kappa shape index (κ2) is 4.30. The first-order valence-electron chi connectivity index (χ1n) is 3.59. The Balaban J connectivity index is 2.84. The summed E-state index contributed by atoms with van der Waals surface area (Å²) in [6.07, 6.45) is 1.76. The molecule has 1 aromatic rings. The second-order valence-electron chi connectivity index (χ2n) is 2.25. The Labute approximate surface area is 75.6 Å². The van der Waals surface area contributed by atoms with Crippen LogP contribution in [-0.2, 0) is 11.4 Å². The van der Waals surface area contributed by atoms with E-state index in [0.29, 0.717) is 0 Å². The minimum Gasteiger partial charge on any atom is -0.593 e. The predicted molar refractivity (Wildman–Crippen MR) is 52.0 cm³/mol. The first-order valence-corrected chi connectivity index (χ1v) is 4.74. The molecular formula is C9H11NOS. The van der Waals surface area contributed by atoms with Gasteiger partial charge in [0.1, 0.15) is 0 Å². The highest BCUT2D eigenvalue weighted by atomic mass is 32.2. The highest BCUT2D eigenvalue weighted by Crippen LogP contribution is 2.10. The molecule has 1 rings (SSSR count). The summed E-state index contributed by atoms with van der Waals surface area (Å²) in [4.78, 5) is 0.781. The molecule has 12 heavy (non-hydrogen) atoms. The summed E-state index contributed by atoms with van der Waals surface area (Å²) in [7, 11) is 1.66. The van der Waals surface area contributed by atoms with Crippen molar-refractivity contribution < 1.29 is 4.55 Å². The van der Waals surface area contributed by atoms with Crippen molar-refractivity contribution in [3.05, 3.63) is 36.4 Å². The Morgan fingerprint density at radius 2 is 2.00 bits per heavy atom. The van der Waals surface area contributed by atoms with Gasteiger partial charge in [0.15, 0.2) is 4.90 Å². The summed E-state index contributed by atoms with van der Waals surface area (Å²) in [6.45, 7) is 3.63. The van der Waals surface area contributed by atoms with Crippen molar-refractivity contribution in [2.45, 2.75) is 4.90 Å². The van der Waals surface area contributed by atoms with E-state index in [1.165, 1.54) is 0 Å². The van der Waals surface area contributed by atoms with Gasteiger partial charge < -0.3 is 4.55 Å². The summed E-state index contributed by atoms with van der Waals surface area (Å²) in [5.74, 6) is 0. The van der Waals surface area contributed by atoms with Crippen LogP contribution in [0.4, 0.5) is 0 Å². The zero-order valence-corrected chi connectivity index (χ0v) is 7.73. The molecule has 3 heteroatoms. The van der Waals surface area contributed by atoms with E-state index in [9.17, 15) is 4.55 Å². The van der Waals surface area contributed by atoms with Gasteiger partial charge in [0.2, 0.25) is 0 Å². The van der Waals surface area contributed by atoms with Gasteiger partial charge in [-0.2, -0.15) is 0 Å². The zero-order chi connectivity index (χ0) is 8.97. The largest absolute Gasteiger partial charge is 0.593 e. The lowest BCUT2D eigenvalue weighted by Crippen LogP contribution is -2.18. The topological polar surface area (TPSA) is 35.1 Å². The van der Waals surface area contributed by atoms with E-state index in [2.05, 4.69) is 11.3 Å². The van der Waals surface area contributed by atoms with Crippen LogP contribution in [0.2, 0.25) is 0 Å². The number of hydrogen-bond donors (Lipinski definition) is 1. The number of nitrogens with one attached hydrogen (secondary N) is 1. The molecule has 0 amide bonds. The lowest BCUT2D eigenvalue weighted by atomic mass is 10.2. The van der Waals surface area contributed by atoms with Crippen LogP contribution in [-0.4, -0.2) is 11.6 Å². The van der Waals surface area contributed by atoms with E-state index in [0.717, 1.165) is 10.5 Å². The maximum atomic E-state index is 11.2. The van der Waals surface area contributed by atoms with Crippen LogP contribution in [0, 0.1) is 0 Å². The Morgan fingerprint density at radius 1 is 1.42 bits per heavy atom. The third-order valence-electron chi connectivity index (χ3n) is 1.52. The Hall–Kier alpha value is -0.770. The highest BCUT2D eigenvalue weighted by molar-refractivity contribution is 7.89. The van der Waals surface area contributed by atoms with Gasteiger partial charge in [-0.1, -0.05) is 12.7 Å². The molecule has 1 atom stereocenters. The molecule has 0 heterocycles. The van der Waals surface area contributed by atoms with Crippen LogP contribution in [0.15, 0.2) is 35.7 Å². The summed E-state index contributed by atoms with van der Waals surface area (Å²) < 4.78 is 13.9. The van der Waals surface area contributed by atoms with Gasteiger partial charge >= 0.3 is 0 Å². The molecule has 0 radical (unpaired) electrons. The first-order chi connectivity index (χ1) is 5.77. The number of hydrogen-bond acceptors (Lipinski definition) is 2. The standard InChI is InChI=1S/C9H11NOS/c1-3-8-4-6-9(7-5-8)12(11)10-2/h3-7,10H,1H2,2H3. The molecular weight excluding hydrogens is 170 g/mol. The average Bonchev–Trinajstić information content (AvgIpc) is 2.17. The lowest BCUT2D eigenvalue weighted by Gasteiger charge is -2.06. The summed E-state index contributed by atoms with van der Waals surface area (Å²) in [6, 6.07) is 7.42. The van der Waals surface area contributed by atoms with E-state index in [4.69, 9.17) is 0 Å². The van der Waals surface area contributed by atoms with Crippen molar-refractivity contribution >= 4 is 17.4 Å². The first kappa shape index (κ1) is 9.32. The minimum atomic E-state index is -1.08.